The molecule has 1 atom stereocenters. The van der Waals surface area contributed by atoms with Gasteiger partial charge in [-0.2, -0.15) is 0 Å². The van der Waals surface area contributed by atoms with E-state index in [-0.39, 0.29) is 0 Å². The summed E-state index contributed by atoms with van der Waals surface area (Å²) in [7, 11) is 1.34. The zero-order valence-electron chi connectivity index (χ0n) is 8.70. The van der Waals surface area contributed by atoms with Gasteiger partial charge in [-0.3, -0.25) is 0 Å². The standard InChI is InChI=1S/C9H20B2/c1-8(2)6-11(5)7-9(8,3)10-4/h10H,6-7H2,1-5H3. The monoisotopic (exact) mass is 150 g/mol. The zero-order chi connectivity index (χ0) is 8.70. The molecule has 1 fully saturated rings. The Bertz CT molecular complexity index is 154. The molecular formula is C9H20B2. The van der Waals surface area contributed by atoms with Gasteiger partial charge in [0, 0.05) is 0 Å². The minimum atomic E-state index is 0.571. The van der Waals surface area contributed by atoms with Crippen LogP contribution in [0.3, 0.4) is 0 Å². The summed E-state index contributed by atoms with van der Waals surface area (Å²) in [6, 6.07) is 0. The topological polar surface area (TPSA) is 0 Å². The zero-order valence-corrected chi connectivity index (χ0v) is 8.70. The summed E-state index contributed by atoms with van der Waals surface area (Å²) in [6.45, 7) is 13.0. The molecule has 0 bridgehead atoms. The highest BCUT2D eigenvalue weighted by Crippen LogP contribution is 2.57. The van der Waals surface area contributed by atoms with Crippen molar-refractivity contribution >= 4 is 14.0 Å². The predicted octanol–water partition coefficient (Wildman–Crippen LogP) is 2.81. The summed E-state index contributed by atoms with van der Waals surface area (Å²) in [5, 5.41) is 0.604. The molecule has 0 saturated carbocycles. The highest BCUT2D eigenvalue weighted by molar-refractivity contribution is 6.61. The summed E-state index contributed by atoms with van der Waals surface area (Å²) < 4.78 is 0. The quantitative estimate of drug-likeness (QED) is 0.504. The molecule has 11 heavy (non-hydrogen) atoms. The Hall–Kier alpha value is 0.130. The van der Waals surface area contributed by atoms with Crippen LogP contribution in [0.2, 0.25) is 31.6 Å². The largest absolute Gasteiger partial charge is 0.137 e. The fourth-order valence-electron chi connectivity index (χ4n) is 2.86. The van der Waals surface area contributed by atoms with Crippen LogP contribution in [0.4, 0.5) is 0 Å². The molecule has 0 aromatic heterocycles. The van der Waals surface area contributed by atoms with Crippen molar-refractivity contribution in [1.82, 2.24) is 0 Å². The van der Waals surface area contributed by atoms with Crippen molar-refractivity contribution in [2.75, 3.05) is 0 Å². The van der Waals surface area contributed by atoms with Crippen molar-refractivity contribution in [3.63, 3.8) is 0 Å². The lowest BCUT2D eigenvalue weighted by Gasteiger charge is -2.38. The molecule has 2 heteroatoms. The van der Waals surface area contributed by atoms with E-state index in [0.29, 0.717) is 10.7 Å². The Morgan fingerprint density at radius 1 is 1.18 bits per heavy atom. The van der Waals surface area contributed by atoms with Gasteiger partial charge in [0.1, 0.15) is 14.0 Å². The first-order valence-electron chi connectivity index (χ1n) is 4.91. The maximum Gasteiger partial charge on any atom is 0.137 e. The van der Waals surface area contributed by atoms with Gasteiger partial charge < -0.3 is 0 Å². The Kier molecular flexibility index (Phi) is 2.15. The van der Waals surface area contributed by atoms with Gasteiger partial charge in [0.2, 0.25) is 0 Å². The molecule has 1 unspecified atom stereocenters. The first-order valence-corrected chi connectivity index (χ1v) is 4.91. The molecule has 1 aliphatic heterocycles. The van der Waals surface area contributed by atoms with Crippen molar-refractivity contribution in [3.8, 4) is 0 Å². The molecule has 1 heterocycles. The number of hydrogen-bond acceptors (Lipinski definition) is 0. The molecule has 0 aliphatic carbocycles. The van der Waals surface area contributed by atoms with Gasteiger partial charge in [0.25, 0.3) is 0 Å². The molecule has 0 nitrogen and oxygen atoms in total. The summed E-state index contributed by atoms with van der Waals surface area (Å²) in [5.74, 6) is 0. The highest BCUT2D eigenvalue weighted by Gasteiger charge is 2.47. The lowest BCUT2D eigenvalue weighted by Crippen LogP contribution is -2.26. The fraction of sp³-hybridized carbons (Fsp3) is 1.00. The minimum Gasteiger partial charge on any atom is -0.0889 e. The number of rotatable bonds is 1. The lowest BCUT2D eigenvalue weighted by molar-refractivity contribution is 0.321. The lowest BCUT2D eigenvalue weighted by atomic mass is 9.43. The van der Waals surface area contributed by atoms with E-state index in [2.05, 4.69) is 34.4 Å². The Morgan fingerprint density at radius 2 is 1.73 bits per heavy atom. The molecule has 1 saturated heterocycles. The van der Waals surface area contributed by atoms with Crippen LogP contribution in [0.5, 0.6) is 0 Å². The van der Waals surface area contributed by atoms with Crippen LogP contribution in [-0.4, -0.2) is 14.0 Å². The van der Waals surface area contributed by atoms with Gasteiger partial charge in [-0.15, -0.1) is 0 Å². The fourth-order valence-corrected chi connectivity index (χ4v) is 2.86. The molecule has 0 N–H and O–H groups in total. The van der Waals surface area contributed by atoms with Gasteiger partial charge in [-0.05, 0) is 5.41 Å². The molecule has 0 radical (unpaired) electrons. The van der Waals surface area contributed by atoms with E-state index in [1.165, 1.54) is 19.9 Å². The van der Waals surface area contributed by atoms with Crippen molar-refractivity contribution in [2.24, 2.45) is 5.41 Å². The highest BCUT2D eigenvalue weighted by atomic mass is 14.4. The molecule has 0 spiro atoms. The summed E-state index contributed by atoms with van der Waals surface area (Å²) >= 11 is 0. The van der Waals surface area contributed by atoms with Gasteiger partial charge in [0.05, 0.1) is 0 Å². The van der Waals surface area contributed by atoms with Crippen molar-refractivity contribution in [3.05, 3.63) is 0 Å². The average Bonchev–Trinajstić information content (AvgIpc) is 2.03. The van der Waals surface area contributed by atoms with Crippen molar-refractivity contribution in [2.45, 2.75) is 52.4 Å². The predicted molar refractivity (Wildman–Crippen MR) is 56.4 cm³/mol. The molecule has 62 valence electrons. The van der Waals surface area contributed by atoms with Crippen molar-refractivity contribution < 1.29 is 0 Å². The average molecular weight is 150 g/mol. The van der Waals surface area contributed by atoms with Crippen LogP contribution in [-0.2, 0) is 0 Å². The molecule has 1 rings (SSSR count). The van der Waals surface area contributed by atoms with E-state index in [9.17, 15) is 0 Å². The molecule has 1 aliphatic rings. The van der Waals surface area contributed by atoms with Crippen LogP contribution in [0.25, 0.3) is 0 Å². The third-order valence-electron chi connectivity index (χ3n) is 4.07. The molecule has 0 amide bonds. The van der Waals surface area contributed by atoms with Crippen LogP contribution < -0.4 is 0 Å². The second-order valence-electron chi connectivity index (χ2n) is 5.31. The first-order chi connectivity index (χ1) is 4.91. The van der Waals surface area contributed by atoms with Crippen LogP contribution in [0, 0.1) is 5.41 Å². The van der Waals surface area contributed by atoms with E-state index in [1.54, 1.807) is 0 Å². The smallest absolute Gasteiger partial charge is 0.0889 e. The normalized spacial score (nSPS) is 35.9. The second kappa shape index (κ2) is 2.57. The van der Waals surface area contributed by atoms with E-state index < -0.39 is 0 Å². The maximum absolute atomic E-state index is 2.45. The number of hydrogen-bond donors (Lipinski definition) is 0. The van der Waals surface area contributed by atoms with Gasteiger partial charge in [0.15, 0.2) is 0 Å². The molecular weight excluding hydrogens is 130 g/mol. The summed E-state index contributed by atoms with van der Waals surface area (Å²) in [4.78, 5) is 0. The maximum atomic E-state index is 2.45. The van der Waals surface area contributed by atoms with Gasteiger partial charge >= 0.3 is 0 Å². The Morgan fingerprint density at radius 3 is 1.91 bits per heavy atom. The molecule has 0 aromatic rings. The van der Waals surface area contributed by atoms with Crippen LogP contribution in [0.1, 0.15) is 20.8 Å². The first kappa shape index (κ1) is 9.22. The van der Waals surface area contributed by atoms with Gasteiger partial charge in [-0.25, -0.2) is 0 Å². The van der Waals surface area contributed by atoms with Crippen molar-refractivity contribution in [1.29, 1.82) is 0 Å². The van der Waals surface area contributed by atoms with E-state index >= 15 is 0 Å². The second-order valence-corrected chi connectivity index (χ2v) is 5.31. The van der Waals surface area contributed by atoms with E-state index in [0.717, 1.165) is 6.71 Å². The van der Waals surface area contributed by atoms with Crippen LogP contribution in [0.15, 0.2) is 0 Å². The third-order valence-corrected chi connectivity index (χ3v) is 4.07. The van der Waals surface area contributed by atoms with E-state index in [1.807, 2.05) is 0 Å². The third kappa shape index (κ3) is 1.37. The Labute approximate surface area is 72.5 Å². The Balaban J connectivity index is 2.81. The summed E-state index contributed by atoms with van der Waals surface area (Å²) in [6.07, 6.45) is 2.84. The van der Waals surface area contributed by atoms with Crippen LogP contribution >= 0.6 is 0 Å². The minimum absolute atomic E-state index is 0.571. The molecule has 0 aromatic carbocycles. The SMILES string of the molecule is CBC1(C)CB(C)CC1(C)C. The van der Waals surface area contributed by atoms with Gasteiger partial charge in [-0.1, -0.05) is 52.4 Å². The summed E-state index contributed by atoms with van der Waals surface area (Å²) in [5.41, 5.74) is 0.571. The van der Waals surface area contributed by atoms with E-state index in [4.69, 9.17) is 0 Å².